The Balaban J connectivity index is 0.000000148. The highest BCUT2D eigenvalue weighted by atomic mass is 15.3. The number of anilines is 2. The first-order valence-corrected chi connectivity index (χ1v) is 13.8. The predicted octanol–water partition coefficient (Wildman–Crippen LogP) is 4.71. The number of para-hydroxylation sites is 1. The van der Waals surface area contributed by atoms with Crippen LogP contribution in [0.15, 0.2) is 74.1 Å². The number of nitrogens with zero attached hydrogens (tertiary/aromatic N) is 4. The third-order valence-electron chi connectivity index (χ3n) is 8.33. The minimum Gasteiger partial charge on any atom is -0.365 e. The topological polar surface area (TPSA) is 56.3 Å². The molecule has 192 valence electrons. The fraction of sp³-hybridized carbons (Fsp3) is 0.533. The molecular formula is C30H42N6. The molecule has 4 saturated heterocycles. The van der Waals surface area contributed by atoms with Crippen LogP contribution in [-0.2, 0) is 0 Å². The van der Waals surface area contributed by atoms with E-state index in [1.54, 1.807) is 0 Å². The average molecular weight is 487 g/mol. The Morgan fingerprint density at radius 1 is 0.694 bits per heavy atom. The number of fused-ring (bicyclic) bond motifs is 4. The van der Waals surface area contributed by atoms with Crippen LogP contribution in [0.4, 0.5) is 11.6 Å². The summed E-state index contributed by atoms with van der Waals surface area (Å²) in [6, 6.07) is 16.7. The molecule has 6 heteroatoms. The minimum absolute atomic E-state index is 0.546. The molecule has 2 aromatic rings. The summed E-state index contributed by atoms with van der Waals surface area (Å²) in [4.78, 5) is 13.6. The molecule has 4 aliphatic heterocycles. The first-order chi connectivity index (χ1) is 17.7. The van der Waals surface area contributed by atoms with E-state index in [1.165, 1.54) is 57.1 Å². The van der Waals surface area contributed by atoms with E-state index in [0.29, 0.717) is 24.2 Å². The second-order valence-electron chi connectivity index (χ2n) is 10.8. The highest BCUT2D eigenvalue weighted by Gasteiger charge is 2.37. The molecule has 1 aromatic heterocycles. The highest BCUT2D eigenvalue weighted by molar-refractivity contribution is 5.48. The maximum absolute atomic E-state index is 4.39. The summed E-state index contributed by atoms with van der Waals surface area (Å²) >= 11 is 0. The lowest BCUT2D eigenvalue weighted by Crippen LogP contribution is -2.49. The Morgan fingerprint density at radius 2 is 1.17 bits per heavy atom. The molecular weight excluding hydrogens is 444 g/mol. The van der Waals surface area contributed by atoms with Gasteiger partial charge in [0, 0.05) is 67.4 Å². The number of piperidine rings is 2. The summed E-state index contributed by atoms with van der Waals surface area (Å²) in [7, 11) is 0. The monoisotopic (exact) mass is 486 g/mol. The van der Waals surface area contributed by atoms with E-state index >= 15 is 0 Å². The number of hydrogen-bond acceptors (Lipinski definition) is 6. The van der Waals surface area contributed by atoms with Gasteiger partial charge in [-0.2, -0.15) is 0 Å². The van der Waals surface area contributed by atoms with E-state index in [-0.39, 0.29) is 0 Å². The Hall–Kier alpha value is -2.70. The molecule has 36 heavy (non-hydrogen) atoms. The van der Waals surface area contributed by atoms with Gasteiger partial charge < -0.3 is 20.4 Å². The smallest absolute Gasteiger partial charge is 0.225 e. The van der Waals surface area contributed by atoms with Crippen molar-refractivity contribution in [1.29, 1.82) is 0 Å². The molecule has 6 rings (SSSR count). The van der Waals surface area contributed by atoms with Gasteiger partial charge in [0.2, 0.25) is 5.95 Å². The lowest BCUT2D eigenvalue weighted by Gasteiger charge is -2.38. The summed E-state index contributed by atoms with van der Waals surface area (Å²) in [5.41, 5.74) is 1.34. The molecule has 0 spiro atoms. The molecule has 6 nitrogen and oxygen atoms in total. The van der Waals surface area contributed by atoms with Crippen molar-refractivity contribution in [2.75, 3.05) is 22.9 Å². The Labute approximate surface area is 216 Å². The minimum atomic E-state index is 0.546. The number of nitrogens with one attached hydrogen (secondary N) is 2. The van der Waals surface area contributed by atoms with Crippen molar-refractivity contribution in [3.8, 4) is 0 Å². The van der Waals surface area contributed by atoms with Gasteiger partial charge in [-0.25, -0.2) is 9.97 Å². The molecule has 1 aromatic carbocycles. The molecule has 2 N–H and O–H groups in total. The Kier molecular flexibility index (Phi) is 8.34. The van der Waals surface area contributed by atoms with Gasteiger partial charge in [-0.3, -0.25) is 0 Å². The standard InChI is InChI=1S/C16H22N2.C14H20N4/c1-2-10-18(15-6-4-3-5-7-15)16-11-13-8-9-14(12-16)17-13;1-2-8-18(14-15-6-3-7-16-14)13-9-11-4-5-12(10-13)17-11/h2-7,13-14,16-17H,1,8-12H2;2-3,6-7,11-13,17H,1,4-5,8-10H2/t13-,14+,16?;11-,12+,13?. The predicted molar refractivity (Wildman–Crippen MR) is 149 cm³/mol. The van der Waals surface area contributed by atoms with Crippen LogP contribution < -0.4 is 20.4 Å². The third kappa shape index (κ3) is 5.98. The maximum Gasteiger partial charge on any atom is 0.225 e. The number of aromatic nitrogens is 2. The van der Waals surface area contributed by atoms with Gasteiger partial charge >= 0.3 is 0 Å². The van der Waals surface area contributed by atoms with Crippen LogP contribution in [0.3, 0.4) is 0 Å². The van der Waals surface area contributed by atoms with Gasteiger partial charge in [0.15, 0.2) is 0 Å². The zero-order valence-corrected chi connectivity index (χ0v) is 21.5. The Bertz CT molecular complexity index is 862. The van der Waals surface area contributed by atoms with Crippen LogP contribution in [0.5, 0.6) is 0 Å². The zero-order valence-electron chi connectivity index (χ0n) is 21.5. The van der Waals surface area contributed by atoms with Crippen LogP contribution in [0, 0.1) is 0 Å². The van der Waals surface area contributed by atoms with Gasteiger partial charge in [-0.05, 0) is 69.6 Å². The average Bonchev–Trinajstić information content (AvgIpc) is 3.45. The van der Waals surface area contributed by atoms with Crippen LogP contribution in [0.25, 0.3) is 0 Å². The molecule has 4 aliphatic rings. The third-order valence-corrected chi connectivity index (χ3v) is 8.33. The van der Waals surface area contributed by atoms with Crippen LogP contribution >= 0.6 is 0 Å². The molecule has 6 atom stereocenters. The molecule has 2 unspecified atom stereocenters. The van der Waals surface area contributed by atoms with E-state index in [1.807, 2.05) is 30.6 Å². The summed E-state index contributed by atoms with van der Waals surface area (Å²) < 4.78 is 0. The maximum atomic E-state index is 4.39. The lowest BCUT2D eigenvalue weighted by atomic mass is 9.97. The summed E-state index contributed by atoms with van der Waals surface area (Å²) in [5.74, 6) is 0.837. The second-order valence-corrected chi connectivity index (χ2v) is 10.8. The number of benzene rings is 1. The quantitative estimate of drug-likeness (QED) is 0.527. The summed E-state index contributed by atoms with van der Waals surface area (Å²) in [6.07, 6.45) is 17.9. The largest absolute Gasteiger partial charge is 0.365 e. The van der Waals surface area contributed by atoms with Crippen LogP contribution in [0.2, 0.25) is 0 Å². The van der Waals surface area contributed by atoms with Crippen molar-refractivity contribution in [2.24, 2.45) is 0 Å². The number of rotatable bonds is 8. The van der Waals surface area contributed by atoms with Crippen LogP contribution in [-0.4, -0.2) is 59.3 Å². The van der Waals surface area contributed by atoms with E-state index < -0.39 is 0 Å². The molecule has 5 heterocycles. The molecule has 0 amide bonds. The van der Waals surface area contributed by atoms with E-state index in [0.717, 1.165) is 31.1 Å². The van der Waals surface area contributed by atoms with E-state index in [4.69, 9.17) is 0 Å². The lowest BCUT2D eigenvalue weighted by molar-refractivity contribution is 0.348. The van der Waals surface area contributed by atoms with Crippen molar-refractivity contribution < 1.29 is 0 Å². The fourth-order valence-corrected chi connectivity index (χ4v) is 6.76. The van der Waals surface area contributed by atoms with Crippen molar-refractivity contribution >= 4 is 11.6 Å². The van der Waals surface area contributed by atoms with Crippen molar-refractivity contribution in [1.82, 2.24) is 20.6 Å². The first kappa shape index (κ1) is 25.0. The normalized spacial score (nSPS) is 30.1. The fourth-order valence-electron chi connectivity index (χ4n) is 6.76. The van der Waals surface area contributed by atoms with Gasteiger partial charge in [-0.1, -0.05) is 30.4 Å². The summed E-state index contributed by atoms with van der Waals surface area (Å²) in [6.45, 7) is 9.56. The first-order valence-electron chi connectivity index (χ1n) is 13.8. The molecule has 0 aliphatic carbocycles. The van der Waals surface area contributed by atoms with Gasteiger partial charge in [-0.15, -0.1) is 13.2 Å². The van der Waals surface area contributed by atoms with Gasteiger partial charge in [0.05, 0.1) is 0 Å². The second kappa shape index (κ2) is 12.0. The number of hydrogen-bond donors (Lipinski definition) is 2. The van der Waals surface area contributed by atoms with E-state index in [9.17, 15) is 0 Å². The zero-order chi connectivity index (χ0) is 24.7. The molecule has 4 bridgehead atoms. The molecule has 4 fully saturated rings. The van der Waals surface area contributed by atoms with E-state index in [2.05, 4.69) is 73.9 Å². The Morgan fingerprint density at radius 3 is 1.67 bits per heavy atom. The molecule has 0 saturated carbocycles. The highest BCUT2D eigenvalue weighted by Crippen LogP contribution is 2.32. The molecule has 0 radical (unpaired) electrons. The van der Waals surface area contributed by atoms with Crippen molar-refractivity contribution in [3.05, 3.63) is 74.1 Å². The van der Waals surface area contributed by atoms with Gasteiger partial charge in [0.25, 0.3) is 0 Å². The van der Waals surface area contributed by atoms with Crippen LogP contribution in [0.1, 0.15) is 51.4 Å². The van der Waals surface area contributed by atoms with Crippen molar-refractivity contribution in [2.45, 2.75) is 87.6 Å². The van der Waals surface area contributed by atoms with Crippen molar-refractivity contribution in [3.63, 3.8) is 0 Å². The van der Waals surface area contributed by atoms with Gasteiger partial charge in [0.1, 0.15) is 0 Å². The SMILES string of the molecule is C=CCN(c1ccccc1)C1C[C@H]2CC[C@@H](C1)N2.C=CCN(c1ncccn1)C1C[C@H]2CC[C@@H](C1)N2. The summed E-state index contributed by atoms with van der Waals surface area (Å²) in [5, 5.41) is 7.39.